The van der Waals surface area contributed by atoms with Gasteiger partial charge in [0.05, 0.1) is 5.02 Å². The molecule has 0 saturated heterocycles. The van der Waals surface area contributed by atoms with E-state index in [1.165, 1.54) is 6.07 Å². The molecule has 14 heavy (non-hydrogen) atoms. The third-order valence-corrected chi connectivity index (χ3v) is 2.59. The molecule has 0 aliphatic carbocycles. The summed E-state index contributed by atoms with van der Waals surface area (Å²) in [5.41, 5.74) is 0.357. The fourth-order valence-electron chi connectivity index (χ4n) is 1.28. The van der Waals surface area contributed by atoms with Gasteiger partial charge in [0, 0.05) is 11.1 Å². The number of halogens is 2. The minimum atomic E-state index is -0.319. The van der Waals surface area contributed by atoms with Crippen LogP contribution in [-0.4, -0.2) is 10.2 Å². The van der Waals surface area contributed by atoms with Crippen molar-refractivity contribution in [3.8, 4) is 11.5 Å². The van der Waals surface area contributed by atoms with Gasteiger partial charge in [-0.3, -0.25) is 0 Å². The Morgan fingerprint density at radius 1 is 1.14 bits per heavy atom. The molecule has 0 heterocycles. The monoisotopic (exact) mass is 234 g/mol. The minimum absolute atomic E-state index is 0.113. The average molecular weight is 235 g/mol. The Morgan fingerprint density at radius 3 is 2.07 bits per heavy atom. The van der Waals surface area contributed by atoms with Crippen LogP contribution in [0.25, 0.3) is 0 Å². The molecule has 0 atom stereocenters. The summed E-state index contributed by atoms with van der Waals surface area (Å²) in [4.78, 5) is 0. The van der Waals surface area contributed by atoms with Crippen LogP contribution in [0.4, 0.5) is 0 Å². The van der Waals surface area contributed by atoms with Crippen LogP contribution in [0.3, 0.4) is 0 Å². The molecule has 1 rings (SSSR count). The van der Waals surface area contributed by atoms with Gasteiger partial charge in [-0.05, 0) is 11.0 Å². The smallest absolute Gasteiger partial charge is 0.176 e. The Hall–Kier alpha value is -0.600. The Labute approximate surface area is 93.1 Å². The van der Waals surface area contributed by atoms with Crippen molar-refractivity contribution < 1.29 is 10.2 Å². The predicted molar refractivity (Wildman–Crippen MR) is 58.5 cm³/mol. The van der Waals surface area contributed by atoms with E-state index in [2.05, 4.69) is 0 Å². The maximum atomic E-state index is 9.43. The van der Waals surface area contributed by atoms with E-state index < -0.39 is 0 Å². The average Bonchev–Trinajstić information content (AvgIpc) is 1.97. The molecule has 0 amide bonds. The van der Waals surface area contributed by atoms with Crippen molar-refractivity contribution in [2.45, 2.75) is 26.2 Å². The maximum Gasteiger partial charge on any atom is 0.176 e. The lowest BCUT2D eigenvalue weighted by Gasteiger charge is -2.22. The summed E-state index contributed by atoms with van der Waals surface area (Å²) in [6, 6.07) is 1.29. The van der Waals surface area contributed by atoms with Gasteiger partial charge in [0.15, 0.2) is 11.5 Å². The van der Waals surface area contributed by atoms with Crippen LogP contribution in [-0.2, 0) is 5.41 Å². The zero-order valence-corrected chi connectivity index (χ0v) is 9.74. The summed E-state index contributed by atoms with van der Waals surface area (Å²) in [5, 5.41) is 19.2. The van der Waals surface area contributed by atoms with Crippen molar-refractivity contribution in [3.05, 3.63) is 21.7 Å². The molecule has 0 aliphatic rings. The molecule has 0 fully saturated rings. The largest absolute Gasteiger partial charge is 0.504 e. The summed E-state index contributed by atoms with van der Waals surface area (Å²) in [6.07, 6.45) is 0. The quantitative estimate of drug-likeness (QED) is 0.673. The Kier molecular flexibility index (Phi) is 2.88. The van der Waals surface area contributed by atoms with Crippen molar-refractivity contribution in [1.82, 2.24) is 0 Å². The minimum Gasteiger partial charge on any atom is -0.504 e. The lowest BCUT2D eigenvalue weighted by molar-refractivity contribution is 0.402. The van der Waals surface area contributed by atoms with Gasteiger partial charge >= 0.3 is 0 Å². The highest BCUT2D eigenvalue weighted by molar-refractivity contribution is 6.37. The second-order valence-electron chi connectivity index (χ2n) is 4.17. The van der Waals surface area contributed by atoms with Crippen molar-refractivity contribution in [3.63, 3.8) is 0 Å². The molecular formula is C10H12Cl2O2. The zero-order valence-electron chi connectivity index (χ0n) is 8.23. The Morgan fingerprint density at radius 2 is 1.64 bits per heavy atom. The molecule has 2 N–H and O–H groups in total. The molecule has 0 aliphatic heterocycles. The first-order valence-corrected chi connectivity index (χ1v) is 4.91. The normalized spacial score (nSPS) is 11.8. The van der Waals surface area contributed by atoms with Gasteiger partial charge in [0.2, 0.25) is 0 Å². The van der Waals surface area contributed by atoms with E-state index in [0.29, 0.717) is 10.6 Å². The van der Waals surface area contributed by atoms with Crippen molar-refractivity contribution in [2.24, 2.45) is 0 Å². The molecule has 0 saturated carbocycles. The molecule has 0 unspecified atom stereocenters. The zero-order chi connectivity index (χ0) is 11.1. The molecule has 1 aromatic rings. The maximum absolute atomic E-state index is 9.43. The number of phenolic OH excluding ortho intramolecular Hbond substituents is 2. The third-order valence-electron chi connectivity index (χ3n) is 1.92. The van der Waals surface area contributed by atoms with Crippen LogP contribution in [0.15, 0.2) is 6.07 Å². The molecular weight excluding hydrogens is 223 g/mol. The molecule has 2 nitrogen and oxygen atoms in total. The second kappa shape index (κ2) is 3.52. The van der Waals surface area contributed by atoms with Gasteiger partial charge in [-0.15, -0.1) is 0 Å². The summed E-state index contributed by atoms with van der Waals surface area (Å²) >= 11 is 11.8. The molecule has 4 heteroatoms. The van der Waals surface area contributed by atoms with Crippen molar-refractivity contribution >= 4 is 23.2 Å². The highest BCUT2D eigenvalue weighted by Gasteiger charge is 2.24. The van der Waals surface area contributed by atoms with E-state index in [1.807, 2.05) is 20.8 Å². The van der Waals surface area contributed by atoms with E-state index in [4.69, 9.17) is 23.2 Å². The fourth-order valence-corrected chi connectivity index (χ4v) is 2.30. The SMILES string of the molecule is CC(C)(C)c1c(Cl)cc(O)c(O)c1Cl. The number of hydrogen-bond donors (Lipinski definition) is 2. The molecule has 0 bridgehead atoms. The van der Waals surface area contributed by atoms with Gasteiger partial charge in [-0.25, -0.2) is 0 Å². The second-order valence-corrected chi connectivity index (χ2v) is 4.95. The molecule has 0 spiro atoms. The number of benzene rings is 1. The first-order valence-electron chi connectivity index (χ1n) is 4.15. The molecule has 0 aromatic heterocycles. The summed E-state index contributed by atoms with van der Waals surface area (Å²) in [7, 11) is 0. The van der Waals surface area contributed by atoms with Gasteiger partial charge in [-0.2, -0.15) is 0 Å². The van der Waals surface area contributed by atoms with Crippen molar-refractivity contribution in [1.29, 1.82) is 0 Å². The fraction of sp³-hybridized carbons (Fsp3) is 0.400. The Bertz CT molecular complexity index is 367. The van der Waals surface area contributed by atoms with Crippen LogP contribution in [0, 0.1) is 0 Å². The van der Waals surface area contributed by atoms with Crippen LogP contribution in [0.2, 0.25) is 10.0 Å². The van der Waals surface area contributed by atoms with Crippen LogP contribution >= 0.6 is 23.2 Å². The van der Waals surface area contributed by atoms with Crippen LogP contribution < -0.4 is 0 Å². The number of hydrogen-bond acceptors (Lipinski definition) is 2. The molecule has 78 valence electrons. The lowest BCUT2D eigenvalue weighted by Crippen LogP contribution is -2.12. The highest BCUT2D eigenvalue weighted by Crippen LogP contribution is 2.44. The van der Waals surface area contributed by atoms with E-state index in [9.17, 15) is 10.2 Å². The van der Waals surface area contributed by atoms with E-state index in [0.717, 1.165) is 0 Å². The van der Waals surface area contributed by atoms with E-state index in [1.54, 1.807) is 0 Å². The number of aromatic hydroxyl groups is 2. The van der Waals surface area contributed by atoms with E-state index in [-0.39, 0.29) is 21.9 Å². The summed E-state index contributed by atoms with van der Waals surface area (Å²) in [6.45, 7) is 5.78. The van der Waals surface area contributed by atoms with Gasteiger partial charge < -0.3 is 10.2 Å². The van der Waals surface area contributed by atoms with Gasteiger partial charge in [0.1, 0.15) is 0 Å². The number of rotatable bonds is 0. The van der Waals surface area contributed by atoms with Crippen LogP contribution in [0.5, 0.6) is 11.5 Å². The summed E-state index contributed by atoms with van der Waals surface area (Å²) < 4.78 is 0. The number of phenols is 2. The lowest BCUT2D eigenvalue weighted by atomic mass is 9.86. The Balaban J connectivity index is 3.53. The summed E-state index contributed by atoms with van der Waals surface area (Å²) in [5.74, 6) is -0.617. The van der Waals surface area contributed by atoms with E-state index >= 15 is 0 Å². The topological polar surface area (TPSA) is 40.5 Å². The first kappa shape index (κ1) is 11.5. The van der Waals surface area contributed by atoms with Gasteiger partial charge in [-0.1, -0.05) is 44.0 Å². The first-order chi connectivity index (χ1) is 6.25. The molecule has 0 radical (unpaired) electrons. The van der Waals surface area contributed by atoms with Crippen LogP contribution in [0.1, 0.15) is 26.3 Å². The van der Waals surface area contributed by atoms with Gasteiger partial charge in [0.25, 0.3) is 0 Å². The standard InChI is InChI=1S/C10H12Cl2O2/c1-10(2,3)7-5(11)4-6(13)9(14)8(7)12/h4,13-14H,1-3H3. The highest BCUT2D eigenvalue weighted by atomic mass is 35.5. The van der Waals surface area contributed by atoms with Crippen molar-refractivity contribution in [2.75, 3.05) is 0 Å². The predicted octanol–water partition coefficient (Wildman–Crippen LogP) is 3.70. The molecule has 1 aromatic carbocycles. The third kappa shape index (κ3) is 1.91.